The van der Waals surface area contributed by atoms with Crippen LogP contribution in [0, 0.1) is 0 Å². The molecule has 35 heavy (non-hydrogen) atoms. The molecule has 0 fully saturated rings. The zero-order valence-electron chi connectivity index (χ0n) is 21.7. The van der Waals surface area contributed by atoms with Crippen molar-refractivity contribution in [1.82, 2.24) is 10.2 Å². The van der Waals surface area contributed by atoms with Gasteiger partial charge in [-0.15, -0.1) is 0 Å². The Morgan fingerprint density at radius 3 is 2.03 bits per heavy atom. The van der Waals surface area contributed by atoms with E-state index < -0.39 is 12.2 Å². The number of hydrogen-bond acceptors (Lipinski definition) is 9. The number of carbonyl (C=O) groups excluding carboxylic acids is 3. The molecular weight excluding hydrogens is 454 g/mol. The minimum atomic E-state index is -0.910. The van der Waals surface area contributed by atoms with Gasteiger partial charge in [0, 0.05) is 12.6 Å². The topological polar surface area (TPSA) is 215 Å². The molecule has 0 aromatic heterocycles. The normalized spacial score (nSPS) is 11.1. The SMILES string of the molecule is CCCCN.NCCCCCCCN(CC(=O)NCCOC(N)=O)C(=O)OCC(N)CCCCN. The quantitative estimate of drug-likeness (QED) is 0.128. The lowest BCUT2D eigenvalue weighted by Gasteiger charge is -2.23. The summed E-state index contributed by atoms with van der Waals surface area (Å²) in [5.41, 5.74) is 26.9. The first-order valence-corrected chi connectivity index (χ1v) is 12.8. The minimum Gasteiger partial charge on any atom is -0.448 e. The van der Waals surface area contributed by atoms with E-state index in [0.717, 1.165) is 51.5 Å². The van der Waals surface area contributed by atoms with Crippen LogP contribution in [0.25, 0.3) is 0 Å². The third-order valence-corrected chi connectivity index (χ3v) is 4.90. The van der Waals surface area contributed by atoms with Gasteiger partial charge >= 0.3 is 12.2 Å². The van der Waals surface area contributed by atoms with Gasteiger partial charge in [0.2, 0.25) is 5.91 Å². The van der Waals surface area contributed by atoms with Crippen molar-refractivity contribution in [1.29, 1.82) is 0 Å². The highest BCUT2D eigenvalue weighted by atomic mass is 16.6. The Bertz CT molecular complexity index is 524. The van der Waals surface area contributed by atoms with Crippen molar-refractivity contribution in [2.45, 2.75) is 77.2 Å². The van der Waals surface area contributed by atoms with Gasteiger partial charge in [0.15, 0.2) is 0 Å². The molecule has 0 aliphatic rings. The van der Waals surface area contributed by atoms with Gasteiger partial charge in [0.25, 0.3) is 0 Å². The third kappa shape index (κ3) is 26.3. The average molecular weight is 506 g/mol. The maximum Gasteiger partial charge on any atom is 0.410 e. The van der Waals surface area contributed by atoms with Crippen molar-refractivity contribution in [2.75, 3.05) is 52.5 Å². The zero-order chi connectivity index (χ0) is 26.7. The van der Waals surface area contributed by atoms with Crippen LogP contribution in [0.2, 0.25) is 0 Å². The lowest BCUT2D eigenvalue weighted by atomic mass is 10.1. The monoisotopic (exact) mass is 505 g/mol. The first-order chi connectivity index (χ1) is 16.8. The fraction of sp³-hybridized carbons (Fsp3) is 0.870. The summed E-state index contributed by atoms with van der Waals surface area (Å²) in [7, 11) is 0. The smallest absolute Gasteiger partial charge is 0.410 e. The standard InChI is InChI=1S/C19H40N6O5.C4H11N/c20-9-5-2-1-3-7-12-25(14-17(26)24-11-13-29-18(23)27)19(28)30-15-16(22)8-4-6-10-21;1-2-3-4-5/h16H,1-15,20-22H2,(H2,23,27)(H,24,26);2-5H2,1H3. The molecule has 1 atom stereocenters. The second-order valence-corrected chi connectivity index (χ2v) is 8.26. The van der Waals surface area contributed by atoms with Crippen LogP contribution in [-0.4, -0.2) is 81.5 Å². The number of nitrogens with one attached hydrogen (secondary N) is 1. The van der Waals surface area contributed by atoms with E-state index in [-0.39, 0.29) is 38.3 Å². The molecule has 0 spiro atoms. The van der Waals surface area contributed by atoms with Gasteiger partial charge in [0.05, 0.1) is 6.54 Å². The number of ether oxygens (including phenoxy) is 2. The van der Waals surface area contributed by atoms with E-state index in [4.69, 9.17) is 33.4 Å². The minimum absolute atomic E-state index is 0.0374. The maximum absolute atomic E-state index is 12.4. The summed E-state index contributed by atoms with van der Waals surface area (Å²) in [5.74, 6) is -0.379. The summed E-state index contributed by atoms with van der Waals surface area (Å²) in [4.78, 5) is 36.4. The van der Waals surface area contributed by atoms with Crippen molar-refractivity contribution < 1.29 is 23.9 Å². The Morgan fingerprint density at radius 1 is 0.857 bits per heavy atom. The average Bonchev–Trinajstić information content (AvgIpc) is 2.82. The van der Waals surface area contributed by atoms with Crippen molar-refractivity contribution in [2.24, 2.45) is 28.7 Å². The maximum atomic E-state index is 12.4. The first kappa shape index (κ1) is 35.0. The molecule has 3 amide bonds. The van der Waals surface area contributed by atoms with Crippen LogP contribution in [0.4, 0.5) is 9.59 Å². The van der Waals surface area contributed by atoms with Crippen LogP contribution < -0.4 is 34.0 Å². The molecule has 0 saturated heterocycles. The number of primary amides is 1. The van der Waals surface area contributed by atoms with E-state index in [0.29, 0.717) is 26.1 Å². The molecule has 0 aliphatic carbocycles. The van der Waals surface area contributed by atoms with Gasteiger partial charge in [-0.05, 0) is 51.7 Å². The Kier molecular flexibility index (Phi) is 26.5. The van der Waals surface area contributed by atoms with Crippen molar-refractivity contribution in [3.63, 3.8) is 0 Å². The molecule has 0 rings (SSSR count). The van der Waals surface area contributed by atoms with E-state index in [1.807, 2.05) is 0 Å². The third-order valence-electron chi connectivity index (χ3n) is 4.90. The Labute approximate surface area is 210 Å². The molecule has 12 heteroatoms. The van der Waals surface area contributed by atoms with E-state index in [1.165, 1.54) is 17.7 Å². The number of rotatable bonds is 20. The summed E-state index contributed by atoms with van der Waals surface area (Å²) in [6.45, 7) is 4.65. The molecule has 0 aromatic rings. The molecular formula is C23H51N7O5. The second kappa shape index (κ2) is 26.5. The van der Waals surface area contributed by atoms with Crippen molar-refractivity contribution >= 4 is 18.1 Å². The van der Waals surface area contributed by atoms with Gasteiger partial charge < -0.3 is 43.5 Å². The highest BCUT2D eigenvalue weighted by molar-refractivity contribution is 5.82. The lowest BCUT2D eigenvalue weighted by molar-refractivity contribution is -0.122. The fourth-order valence-corrected chi connectivity index (χ4v) is 2.89. The Hall–Kier alpha value is -2.15. The Morgan fingerprint density at radius 2 is 1.46 bits per heavy atom. The molecule has 0 heterocycles. The summed E-state index contributed by atoms with van der Waals surface area (Å²) < 4.78 is 9.85. The summed E-state index contributed by atoms with van der Waals surface area (Å²) >= 11 is 0. The molecule has 0 radical (unpaired) electrons. The second-order valence-electron chi connectivity index (χ2n) is 8.26. The fourth-order valence-electron chi connectivity index (χ4n) is 2.89. The molecule has 0 bridgehead atoms. The predicted molar refractivity (Wildman–Crippen MR) is 138 cm³/mol. The number of unbranched alkanes of at least 4 members (excludes halogenated alkanes) is 6. The highest BCUT2D eigenvalue weighted by Gasteiger charge is 2.19. The molecule has 11 N–H and O–H groups in total. The summed E-state index contributed by atoms with van der Waals surface area (Å²) in [5, 5.41) is 2.57. The van der Waals surface area contributed by atoms with E-state index >= 15 is 0 Å². The number of nitrogens with two attached hydrogens (primary N) is 5. The number of hydrogen-bond donors (Lipinski definition) is 6. The van der Waals surface area contributed by atoms with Crippen LogP contribution >= 0.6 is 0 Å². The van der Waals surface area contributed by atoms with E-state index in [9.17, 15) is 14.4 Å². The van der Waals surface area contributed by atoms with Crippen LogP contribution in [0.3, 0.4) is 0 Å². The number of nitrogens with zero attached hydrogens (tertiary/aromatic N) is 1. The van der Waals surface area contributed by atoms with Gasteiger partial charge in [-0.3, -0.25) is 9.69 Å². The van der Waals surface area contributed by atoms with Crippen molar-refractivity contribution in [3.8, 4) is 0 Å². The van der Waals surface area contributed by atoms with Crippen LogP contribution in [0.5, 0.6) is 0 Å². The van der Waals surface area contributed by atoms with Gasteiger partial charge in [-0.2, -0.15) is 0 Å². The molecule has 0 aliphatic heterocycles. The summed E-state index contributed by atoms with van der Waals surface area (Å²) in [6.07, 6.45) is 8.07. The largest absolute Gasteiger partial charge is 0.448 e. The molecule has 0 saturated carbocycles. The van der Waals surface area contributed by atoms with Crippen molar-refractivity contribution in [3.05, 3.63) is 0 Å². The number of carbonyl (C=O) groups is 3. The molecule has 1 unspecified atom stereocenters. The van der Waals surface area contributed by atoms with Crippen LogP contribution in [-0.2, 0) is 14.3 Å². The predicted octanol–water partition coefficient (Wildman–Crippen LogP) is 0.747. The molecule has 0 aromatic carbocycles. The molecule has 208 valence electrons. The zero-order valence-corrected chi connectivity index (χ0v) is 21.7. The van der Waals surface area contributed by atoms with E-state index in [1.54, 1.807) is 0 Å². The van der Waals surface area contributed by atoms with Gasteiger partial charge in [-0.25, -0.2) is 9.59 Å². The summed E-state index contributed by atoms with van der Waals surface area (Å²) in [6, 6.07) is -0.265. The molecule has 12 nitrogen and oxygen atoms in total. The first-order valence-electron chi connectivity index (χ1n) is 12.8. The highest BCUT2D eigenvalue weighted by Crippen LogP contribution is 2.06. The van der Waals surface area contributed by atoms with Gasteiger partial charge in [-0.1, -0.05) is 39.0 Å². The lowest BCUT2D eigenvalue weighted by Crippen LogP contribution is -2.43. The van der Waals surface area contributed by atoms with Crippen LogP contribution in [0.1, 0.15) is 71.1 Å². The van der Waals surface area contributed by atoms with Gasteiger partial charge in [0.1, 0.15) is 19.8 Å². The van der Waals surface area contributed by atoms with E-state index in [2.05, 4.69) is 17.0 Å². The number of amides is 3. The van der Waals surface area contributed by atoms with Crippen LogP contribution in [0.15, 0.2) is 0 Å². The Balaban J connectivity index is 0.